The quantitative estimate of drug-likeness (QED) is 0.761. The van der Waals surface area contributed by atoms with Crippen LogP contribution in [0.25, 0.3) is 0 Å². The van der Waals surface area contributed by atoms with Crippen molar-refractivity contribution < 1.29 is 4.39 Å². The van der Waals surface area contributed by atoms with E-state index in [0.717, 1.165) is 25.1 Å². The van der Waals surface area contributed by atoms with Crippen molar-refractivity contribution in [1.29, 1.82) is 0 Å². The van der Waals surface area contributed by atoms with Gasteiger partial charge in [0, 0.05) is 12.5 Å². The van der Waals surface area contributed by atoms with Crippen molar-refractivity contribution in [2.45, 2.75) is 19.3 Å². The lowest BCUT2D eigenvalue weighted by Crippen LogP contribution is -2.09. The summed E-state index contributed by atoms with van der Waals surface area (Å²) in [6.45, 7) is 4.25. The molecule has 2 rings (SSSR count). The molecule has 0 bridgehead atoms. The molecular formula is C12H16FN. The minimum absolute atomic E-state index is 0.121. The highest BCUT2D eigenvalue weighted by Gasteiger charge is 2.26. The summed E-state index contributed by atoms with van der Waals surface area (Å²) < 4.78 is 13.0. The van der Waals surface area contributed by atoms with Crippen LogP contribution in [-0.4, -0.2) is 13.1 Å². The van der Waals surface area contributed by atoms with Crippen LogP contribution in [0.3, 0.4) is 0 Å². The molecule has 0 aliphatic carbocycles. The van der Waals surface area contributed by atoms with Gasteiger partial charge in [-0.15, -0.1) is 0 Å². The average Bonchev–Trinajstić information content (AvgIpc) is 2.65. The molecule has 0 amide bonds. The minimum atomic E-state index is -0.121. The van der Waals surface area contributed by atoms with Crippen LogP contribution in [0.2, 0.25) is 0 Å². The number of hydrogen-bond donors (Lipinski definition) is 1. The fourth-order valence-electron chi connectivity index (χ4n) is 2.29. The van der Waals surface area contributed by atoms with Gasteiger partial charge in [-0.05, 0) is 30.2 Å². The van der Waals surface area contributed by atoms with Crippen LogP contribution in [0, 0.1) is 11.7 Å². The molecule has 1 aliphatic heterocycles. The van der Waals surface area contributed by atoms with Crippen LogP contribution < -0.4 is 5.32 Å². The molecule has 14 heavy (non-hydrogen) atoms. The van der Waals surface area contributed by atoms with E-state index >= 15 is 0 Å². The van der Waals surface area contributed by atoms with Crippen molar-refractivity contribution in [3.05, 3.63) is 35.6 Å². The molecule has 1 aromatic rings. The van der Waals surface area contributed by atoms with Gasteiger partial charge in [-0.1, -0.05) is 25.5 Å². The molecule has 2 atom stereocenters. The van der Waals surface area contributed by atoms with Crippen molar-refractivity contribution in [2.24, 2.45) is 5.92 Å². The Bertz CT molecular complexity index is 311. The van der Waals surface area contributed by atoms with Gasteiger partial charge in [0.15, 0.2) is 0 Å². The van der Waals surface area contributed by atoms with E-state index in [9.17, 15) is 4.39 Å². The highest BCUT2D eigenvalue weighted by molar-refractivity contribution is 5.23. The molecule has 0 aromatic heterocycles. The lowest BCUT2D eigenvalue weighted by molar-refractivity contribution is 0.500. The van der Waals surface area contributed by atoms with Crippen LogP contribution >= 0.6 is 0 Å². The zero-order valence-corrected chi connectivity index (χ0v) is 8.46. The van der Waals surface area contributed by atoms with E-state index in [2.05, 4.69) is 12.2 Å². The molecule has 0 saturated carbocycles. The van der Waals surface area contributed by atoms with Crippen LogP contribution in [0.4, 0.5) is 4.39 Å². The first-order valence-electron chi connectivity index (χ1n) is 5.27. The highest BCUT2D eigenvalue weighted by atomic mass is 19.1. The van der Waals surface area contributed by atoms with Gasteiger partial charge in [0.1, 0.15) is 5.82 Å². The van der Waals surface area contributed by atoms with Crippen LogP contribution in [0.5, 0.6) is 0 Å². The standard InChI is InChI=1S/C12H16FN/c1-2-9-7-14-8-12(9)10-4-3-5-11(13)6-10/h3-6,9,12,14H,2,7-8H2,1H3. The van der Waals surface area contributed by atoms with Crippen molar-refractivity contribution in [1.82, 2.24) is 5.32 Å². The van der Waals surface area contributed by atoms with E-state index in [1.807, 2.05) is 6.07 Å². The minimum Gasteiger partial charge on any atom is -0.316 e. The zero-order valence-electron chi connectivity index (χ0n) is 8.46. The Labute approximate surface area is 84.3 Å². The SMILES string of the molecule is CCC1CNCC1c1cccc(F)c1. The molecule has 1 saturated heterocycles. The van der Waals surface area contributed by atoms with Crippen molar-refractivity contribution >= 4 is 0 Å². The maximum Gasteiger partial charge on any atom is 0.123 e. The van der Waals surface area contributed by atoms with Crippen molar-refractivity contribution in [2.75, 3.05) is 13.1 Å². The number of benzene rings is 1. The Hall–Kier alpha value is -0.890. The monoisotopic (exact) mass is 193 g/mol. The second kappa shape index (κ2) is 4.09. The summed E-state index contributed by atoms with van der Waals surface area (Å²) >= 11 is 0. The van der Waals surface area contributed by atoms with Gasteiger partial charge in [-0.2, -0.15) is 0 Å². The topological polar surface area (TPSA) is 12.0 Å². The van der Waals surface area contributed by atoms with Crippen molar-refractivity contribution in [3.63, 3.8) is 0 Å². The summed E-state index contributed by atoms with van der Waals surface area (Å²) in [4.78, 5) is 0. The maximum absolute atomic E-state index is 13.0. The highest BCUT2D eigenvalue weighted by Crippen LogP contribution is 2.30. The fraction of sp³-hybridized carbons (Fsp3) is 0.500. The third-order valence-corrected chi connectivity index (χ3v) is 3.14. The molecule has 1 heterocycles. The first kappa shape index (κ1) is 9.66. The number of hydrogen-bond acceptors (Lipinski definition) is 1. The molecule has 1 aromatic carbocycles. The van der Waals surface area contributed by atoms with Crippen LogP contribution in [0.1, 0.15) is 24.8 Å². The summed E-state index contributed by atoms with van der Waals surface area (Å²) in [5.74, 6) is 1.04. The third-order valence-electron chi connectivity index (χ3n) is 3.14. The largest absolute Gasteiger partial charge is 0.316 e. The van der Waals surface area contributed by atoms with Gasteiger partial charge < -0.3 is 5.32 Å². The molecule has 2 unspecified atom stereocenters. The molecular weight excluding hydrogens is 177 g/mol. The molecule has 76 valence electrons. The lowest BCUT2D eigenvalue weighted by Gasteiger charge is -2.16. The fourth-order valence-corrected chi connectivity index (χ4v) is 2.29. The Morgan fingerprint density at radius 1 is 1.43 bits per heavy atom. The van der Waals surface area contributed by atoms with Gasteiger partial charge >= 0.3 is 0 Å². The summed E-state index contributed by atoms with van der Waals surface area (Å²) in [7, 11) is 0. The summed E-state index contributed by atoms with van der Waals surface area (Å²) in [6, 6.07) is 7.01. The van der Waals surface area contributed by atoms with E-state index < -0.39 is 0 Å². The van der Waals surface area contributed by atoms with E-state index in [1.54, 1.807) is 12.1 Å². The van der Waals surface area contributed by atoms with Gasteiger partial charge in [0.25, 0.3) is 0 Å². The predicted octanol–water partition coefficient (Wildman–Crippen LogP) is 2.54. The van der Waals surface area contributed by atoms with Gasteiger partial charge in [-0.3, -0.25) is 0 Å². The average molecular weight is 193 g/mol. The summed E-state index contributed by atoms with van der Waals surface area (Å²) in [5.41, 5.74) is 1.14. The second-order valence-electron chi connectivity index (χ2n) is 3.99. The van der Waals surface area contributed by atoms with Crippen LogP contribution in [-0.2, 0) is 0 Å². The smallest absolute Gasteiger partial charge is 0.123 e. The first-order valence-corrected chi connectivity index (χ1v) is 5.27. The molecule has 1 nitrogen and oxygen atoms in total. The number of nitrogens with one attached hydrogen (secondary N) is 1. The second-order valence-corrected chi connectivity index (χ2v) is 3.99. The molecule has 1 aliphatic rings. The Morgan fingerprint density at radius 2 is 2.29 bits per heavy atom. The number of halogens is 1. The molecule has 0 radical (unpaired) electrons. The Balaban J connectivity index is 2.21. The number of rotatable bonds is 2. The van der Waals surface area contributed by atoms with E-state index in [-0.39, 0.29) is 5.82 Å². The predicted molar refractivity (Wildman–Crippen MR) is 55.8 cm³/mol. The maximum atomic E-state index is 13.0. The lowest BCUT2D eigenvalue weighted by atomic mass is 9.87. The Kier molecular flexibility index (Phi) is 2.82. The molecule has 1 N–H and O–H groups in total. The third kappa shape index (κ3) is 1.80. The summed E-state index contributed by atoms with van der Waals surface area (Å²) in [5, 5.41) is 3.37. The molecule has 2 heteroatoms. The molecule has 0 spiro atoms. The summed E-state index contributed by atoms with van der Waals surface area (Å²) in [6.07, 6.45) is 1.16. The van der Waals surface area contributed by atoms with Gasteiger partial charge in [0.2, 0.25) is 0 Å². The normalized spacial score (nSPS) is 26.7. The first-order chi connectivity index (χ1) is 6.81. The zero-order chi connectivity index (χ0) is 9.97. The van der Waals surface area contributed by atoms with Crippen molar-refractivity contribution in [3.8, 4) is 0 Å². The Morgan fingerprint density at radius 3 is 3.00 bits per heavy atom. The van der Waals surface area contributed by atoms with Gasteiger partial charge in [-0.25, -0.2) is 4.39 Å². The van der Waals surface area contributed by atoms with E-state index in [1.165, 1.54) is 6.07 Å². The molecule has 1 fully saturated rings. The van der Waals surface area contributed by atoms with Crippen LogP contribution in [0.15, 0.2) is 24.3 Å². The van der Waals surface area contributed by atoms with Gasteiger partial charge in [0.05, 0.1) is 0 Å². The van der Waals surface area contributed by atoms with E-state index in [4.69, 9.17) is 0 Å². The van der Waals surface area contributed by atoms with E-state index in [0.29, 0.717) is 11.8 Å².